The minimum atomic E-state index is -0.783. The van der Waals surface area contributed by atoms with Crippen LogP contribution in [0.1, 0.15) is 18.5 Å². The summed E-state index contributed by atoms with van der Waals surface area (Å²) in [6, 6.07) is 3.57. The minimum Gasteiger partial charge on any atom is -0.466 e. The maximum atomic E-state index is 14.2. The molecule has 0 fully saturated rings. The van der Waals surface area contributed by atoms with E-state index in [2.05, 4.69) is 5.32 Å². The number of hydrogen-bond donors (Lipinski definition) is 1. The van der Waals surface area contributed by atoms with Crippen LogP contribution in [-0.2, 0) is 9.53 Å². The number of hydrogen-bond acceptors (Lipinski definition) is 3. The monoisotopic (exact) mass is 328 g/mol. The zero-order valence-corrected chi connectivity index (χ0v) is 13.3. The lowest BCUT2D eigenvalue weighted by Crippen LogP contribution is -2.46. The number of methoxy groups -OCH3 is 1. The van der Waals surface area contributed by atoms with Gasteiger partial charge in [-0.1, -0.05) is 17.7 Å². The molecule has 7 heteroatoms. The smallest absolute Gasteiger partial charge is 0.337 e. The molecule has 1 N–H and O–H groups in total. The molecule has 4 nitrogen and oxygen atoms in total. The molecule has 0 bridgehead atoms. The lowest BCUT2D eigenvalue weighted by atomic mass is 9.94. The molecule has 0 aliphatic carbocycles. The highest BCUT2D eigenvalue weighted by atomic mass is 35.5. The molecule has 1 aliphatic heterocycles. The summed E-state index contributed by atoms with van der Waals surface area (Å²) in [7, 11) is 2.99. The Labute approximate surface area is 132 Å². The first-order valence-electron chi connectivity index (χ1n) is 6.15. The highest BCUT2D eigenvalue weighted by Crippen LogP contribution is 2.35. The maximum Gasteiger partial charge on any atom is 0.337 e. The van der Waals surface area contributed by atoms with E-state index in [1.165, 1.54) is 19.2 Å². The summed E-state index contributed by atoms with van der Waals surface area (Å²) >= 11 is 11.3. The van der Waals surface area contributed by atoms with Crippen LogP contribution in [0.25, 0.3) is 0 Å². The quantitative estimate of drug-likeness (QED) is 0.668. The number of carbonyl (C=O) groups is 1. The summed E-state index contributed by atoms with van der Waals surface area (Å²) in [5, 5.41) is 3.53. The van der Waals surface area contributed by atoms with Crippen molar-refractivity contribution in [2.45, 2.75) is 13.0 Å². The molecular formula is C14H14ClFN2O2S. The number of esters is 1. The van der Waals surface area contributed by atoms with Crippen molar-refractivity contribution < 1.29 is 13.9 Å². The van der Waals surface area contributed by atoms with Gasteiger partial charge in [-0.05, 0) is 31.3 Å². The molecule has 0 unspecified atom stereocenters. The number of ether oxygens (including phenoxy) is 1. The highest BCUT2D eigenvalue weighted by Gasteiger charge is 2.35. The van der Waals surface area contributed by atoms with E-state index in [0.717, 1.165) is 0 Å². The van der Waals surface area contributed by atoms with Crippen molar-refractivity contribution in [3.63, 3.8) is 0 Å². The van der Waals surface area contributed by atoms with E-state index >= 15 is 0 Å². The molecule has 1 aliphatic rings. The normalized spacial score (nSPS) is 18.6. The van der Waals surface area contributed by atoms with Gasteiger partial charge < -0.3 is 15.0 Å². The van der Waals surface area contributed by atoms with E-state index in [9.17, 15) is 9.18 Å². The second-order valence-corrected chi connectivity index (χ2v) is 5.36. The highest BCUT2D eigenvalue weighted by molar-refractivity contribution is 7.80. The topological polar surface area (TPSA) is 41.6 Å². The predicted octanol–water partition coefficient (Wildman–Crippen LogP) is 2.79. The Morgan fingerprint density at radius 2 is 2.19 bits per heavy atom. The predicted molar refractivity (Wildman–Crippen MR) is 82.4 cm³/mol. The summed E-state index contributed by atoms with van der Waals surface area (Å²) < 4.78 is 19.0. The lowest BCUT2D eigenvalue weighted by Gasteiger charge is -2.35. The van der Waals surface area contributed by atoms with E-state index in [4.69, 9.17) is 28.6 Å². The minimum absolute atomic E-state index is 0.175. The number of thiocarbonyl (C=S) groups is 1. The Balaban J connectivity index is 2.65. The van der Waals surface area contributed by atoms with Crippen LogP contribution in [-0.4, -0.2) is 30.1 Å². The van der Waals surface area contributed by atoms with Gasteiger partial charge in [-0.3, -0.25) is 0 Å². The van der Waals surface area contributed by atoms with Crippen LogP contribution in [0.2, 0.25) is 5.02 Å². The van der Waals surface area contributed by atoms with Gasteiger partial charge in [0.05, 0.1) is 18.7 Å². The summed E-state index contributed by atoms with van der Waals surface area (Å²) in [4.78, 5) is 13.7. The summed E-state index contributed by atoms with van der Waals surface area (Å²) in [5.74, 6) is -1.07. The molecular weight excluding hydrogens is 315 g/mol. The fraction of sp³-hybridized carbons (Fsp3) is 0.286. The van der Waals surface area contributed by atoms with Crippen LogP contribution in [0.15, 0.2) is 29.5 Å². The molecule has 1 atom stereocenters. The van der Waals surface area contributed by atoms with Gasteiger partial charge in [0.1, 0.15) is 5.82 Å². The largest absolute Gasteiger partial charge is 0.466 e. The Hall–Kier alpha value is -1.66. The Morgan fingerprint density at radius 1 is 1.52 bits per heavy atom. The number of halogens is 2. The molecule has 2 rings (SSSR count). The van der Waals surface area contributed by atoms with Gasteiger partial charge in [-0.2, -0.15) is 0 Å². The molecule has 21 heavy (non-hydrogen) atoms. The molecule has 0 spiro atoms. The van der Waals surface area contributed by atoms with Crippen molar-refractivity contribution in [2.24, 2.45) is 0 Å². The fourth-order valence-corrected chi connectivity index (χ4v) is 2.74. The molecule has 0 amide bonds. The van der Waals surface area contributed by atoms with Gasteiger partial charge in [-0.15, -0.1) is 0 Å². The molecule has 1 aromatic carbocycles. The van der Waals surface area contributed by atoms with Crippen LogP contribution in [0.3, 0.4) is 0 Å². The van der Waals surface area contributed by atoms with Crippen molar-refractivity contribution in [2.75, 3.05) is 14.2 Å². The average molecular weight is 329 g/mol. The van der Waals surface area contributed by atoms with Gasteiger partial charge in [0, 0.05) is 23.3 Å². The Morgan fingerprint density at radius 3 is 2.76 bits per heavy atom. The molecule has 0 aromatic heterocycles. The maximum absolute atomic E-state index is 14.2. The van der Waals surface area contributed by atoms with Gasteiger partial charge >= 0.3 is 5.97 Å². The number of nitrogens with one attached hydrogen (secondary N) is 1. The van der Waals surface area contributed by atoms with E-state index in [1.54, 1.807) is 24.9 Å². The van der Waals surface area contributed by atoms with Crippen molar-refractivity contribution >= 4 is 34.9 Å². The molecule has 0 saturated heterocycles. The van der Waals surface area contributed by atoms with Crippen molar-refractivity contribution in [1.29, 1.82) is 0 Å². The Bertz CT molecular complexity index is 628. The molecule has 0 saturated carbocycles. The molecule has 1 heterocycles. The number of nitrogens with zero attached hydrogens (tertiary/aromatic N) is 1. The first-order valence-corrected chi connectivity index (χ1v) is 6.94. The summed E-state index contributed by atoms with van der Waals surface area (Å²) in [6.45, 7) is 1.72. The van der Waals surface area contributed by atoms with Crippen LogP contribution in [0.5, 0.6) is 0 Å². The standard InChI is InChI=1S/C14H14ClFN2O2S/c1-7-10(13(19)20-3)12(17-14(21)18(7)2)11-8(15)5-4-6-9(11)16/h4-6,12H,1-3H3,(H,17,21)/t12-/m1/s1. The van der Waals surface area contributed by atoms with Crippen LogP contribution < -0.4 is 5.32 Å². The van der Waals surface area contributed by atoms with Gasteiger partial charge in [0.2, 0.25) is 0 Å². The summed E-state index contributed by atoms with van der Waals surface area (Å²) in [5.41, 5.74) is 1.05. The first-order chi connectivity index (χ1) is 9.88. The fourth-order valence-electron chi connectivity index (χ4n) is 2.21. The van der Waals surface area contributed by atoms with Crippen molar-refractivity contribution in [3.8, 4) is 0 Å². The second kappa shape index (κ2) is 5.99. The third-order valence-electron chi connectivity index (χ3n) is 3.45. The number of rotatable bonds is 2. The van der Waals surface area contributed by atoms with Gasteiger partial charge in [0.15, 0.2) is 5.11 Å². The molecule has 112 valence electrons. The number of carbonyl (C=O) groups excluding carboxylic acids is 1. The number of allylic oxidation sites excluding steroid dienone is 1. The lowest BCUT2D eigenvalue weighted by molar-refractivity contribution is -0.136. The molecule has 0 radical (unpaired) electrons. The van der Waals surface area contributed by atoms with E-state index < -0.39 is 17.8 Å². The van der Waals surface area contributed by atoms with E-state index in [1.807, 2.05) is 0 Å². The van der Waals surface area contributed by atoms with Crippen molar-refractivity contribution in [3.05, 3.63) is 45.9 Å². The number of benzene rings is 1. The van der Waals surface area contributed by atoms with E-state index in [-0.39, 0.29) is 16.2 Å². The molecule has 1 aromatic rings. The van der Waals surface area contributed by atoms with Gasteiger partial charge in [0.25, 0.3) is 0 Å². The van der Waals surface area contributed by atoms with Crippen molar-refractivity contribution in [1.82, 2.24) is 10.2 Å². The van der Waals surface area contributed by atoms with Crippen LogP contribution >= 0.6 is 23.8 Å². The van der Waals surface area contributed by atoms with E-state index in [0.29, 0.717) is 10.8 Å². The first kappa shape index (κ1) is 15.7. The van der Waals surface area contributed by atoms with Crippen LogP contribution in [0.4, 0.5) is 4.39 Å². The third kappa shape index (κ3) is 2.73. The van der Waals surface area contributed by atoms with Gasteiger partial charge in [-0.25, -0.2) is 9.18 Å². The summed E-state index contributed by atoms with van der Waals surface area (Å²) in [6.07, 6.45) is 0. The average Bonchev–Trinajstić information content (AvgIpc) is 2.44. The second-order valence-electron chi connectivity index (χ2n) is 4.57. The zero-order valence-electron chi connectivity index (χ0n) is 11.7. The third-order valence-corrected chi connectivity index (χ3v) is 4.17. The zero-order chi connectivity index (χ0) is 15.7. The van der Waals surface area contributed by atoms with Crippen LogP contribution in [0, 0.1) is 5.82 Å². The Kier molecular flexibility index (Phi) is 4.49. The SMILES string of the molecule is COC(=O)C1=C(C)N(C)C(=S)N[C@H]1c1c(F)cccc1Cl.